The van der Waals surface area contributed by atoms with Crippen LogP contribution in [0.4, 0.5) is 0 Å². The zero-order valence-corrected chi connectivity index (χ0v) is 12.5. The van der Waals surface area contributed by atoms with Crippen LogP contribution >= 0.6 is 0 Å². The molecule has 0 aromatic carbocycles. The predicted molar refractivity (Wildman–Crippen MR) is 80.1 cm³/mol. The van der Waals surface area contributed by atoms with Crippen molar-refractivity contribution in [2.75, 3.05) is 52.7 Å². The normalized spacial score (nSPS) is 20.4. The molecule has 0 saturated heterocycles. The second-order valence-electron chi connectivity index (χ2n) is 4.81. The fourth-order valence-corrected chi connectivity index (χ4v) is 1.99. The minimum Gasteiger partial charge on any atom is -0.378 e. The minimum absolute atomic E-state index is 0.616. The molecule has 2 rings (SSSR count). The Morgan fingerprint density at radius 1 is 0.714 bits per heavy atom. The Balaban J connectivity index is 1.78. The number of nitrogens with zero attached hydrogens (tertiary/aromatic N) is 1. The van der Waals surface area contributed by atoms with E-state index in [0.29, 0.717) is 39.6 Å². The van der Waals surface area contributed by atoms with Gasteiger partial charge in [0, 0.05) is 26.2 Å². The minimum atomic E-state index is 0.616. The van der Waals surface area contributed by atoms with E-state index in [1.54, 1.807) is 0 Å². The van der Waals surface area contributed by atoms with Crippen LogP contribution in [0.3, 0.4) is 0 Å². The molecule has 1 aliphatic rings. The van der Waals surface area contributed by atoms with E-state index in [-0.39, 0.29) is 0 Å². The lowest BCUT2D eigenvalue weighted by Gasteiger charge is -2.10. The van der Waals surface area contributed by atoms with Crippen molar-refractivity contribution < 1.29 is 14.2 Å². The van der Waals surface area contributed by atoms with Gasteiger partial charge in [0.2, 0.25) is 0 Å². The molecule has 118 valence electrons. The first-order valence-corrected chi connectivity index (χ1v) is 7.54. The average Bonchev–Trinajstić information content (AvgIpc) is 2.51. The summed E-state index contributed by atoms with van der Waals surface area (Å²) in [5, 5.41) is 6.66. The summed E-state index contributed by atoms with van der Waals surface area (Å²) in [5.74, 6) is 0. The van der Waals surface area contributed by atoms with Gasteiger partial charge in [0.15, 0.2) is 0 Å². The van der Waals surface area contributed by atoms with Gasteiger partial charge in [-0.05, 0) is 12.1 Å². The van der Waals surface area contributed by atoms with Crippen LogP contribution in [0.25, 0.3) is 0 Å². The number of ether oxygens (including phenoxy) is 3. The van der Waals surface area contributed by atoms with E-state index >= 15 is 0 Å². The molecular formula is C15H25N3O3. The van der Waals surface area contributed by atoms with Crippen molar-refractivity contribution in [1.29, 1.82) is 0 Å². The highest BCUT2D eigenvalue weighted by Crippen LogP contribution is 1.99. The van der Waals surface area contributed by atoms with Gasteiger partial charge < -0.3 is 24.8 Å². The molecule has 0 amide bonds. The third kappa shape index (κ3) is 7.50. The van der Waals surface area contributed by atoms with E-state index in [0.717, 1.165) is 37.6 Å². The summed E-state index contributed by atoms with van der Waals surface area (Å²) in [6.07, 6.45) is 0. The van der Waals surface area contributed by atoms with Crippen LogP contribution in [0.5, 0.6) is 0 Å². The Labute approximate surface area is 126 Å². The van der Waals surface area contributed by atoms with Crippen molar-refractivity contribution in [2.24, 2.45) is 0 Å². The molecule has 6 nitrogen and oxygen atoms in total. The maximum atomic E-state index is 5.48. The van der Waals surface area contributed by atoms with E-state index in [1.807, 2.05) is 18.2 Å². The van der Waals surface area contributed by atoms with Crippen LogP contribution in [0, 0.1) is 0 Å². The lowest BCUT2D eigenvalue weighted by atomic mass is 10.3. The Morgan fingerprint density at radius 2 is 1.19 bits per heavy atom. The molecule has 0 radical (unpaired) electrons. The Morgan fingerprint density at radius 3 is 1.71 bits per heavy atom. The molecule has 2 N–H and O–H groups in total. The van der Waals surface area contributed by atoms with Crippen molar-refractivity contribution in [3.8, 4) is 0 Å². The second-order valence-corrected chi connectivity index (χ2v) is 4.81. The third-order valence-electron chi connectivity index (χ3n) is 3.07. The molecule has 2 bridgehead atoms. The molecule has 21 heavy (non-hydrogen) atoms. The maximum Gasteiger partial charge on any atom is 0.0701 e. The summed E-state index contributed by atoms with van der Waals surface area (Å²) in [6, 6.07) is 6.11. The summed E-state index contributed by atoms with van der Waals surface area (Å²) >= 11 is 0. The highest BCUT2D eigenvalue weighted by molar-refractivity contribution is 5.11. The molecule has 0 atom stereocenters. The lowest BCUT2D eigenvalue weighted by Crippen LogP contribution is -2.23. The van der Waals surface area contributed by atoms with Gasteiger partial charge in [-0.25, -0.2) is 0 Å². The first kappa shape index (κ1) is 16.3. The summed E-state index contributed by atoms with van der Waals surface area (Å²) in [5.41, 5.74) is 2.10. The zero-order valence-electron chi connectivity index (χ0n) is 12.5. The van der Waals surface area contributed by atoms with Gasteiger partial charge in [-0.3, -0.25) is 4.98 Å². The van der Waals surface area contributed by atoms with Gasteiger partial charge in [0.05, 0.1) is 51.0 Å². The number of hydrogen-bond acceptors (Lipinski definition) is 6. The highest BCUT2D eigenvalue weighted by Gasteiger charge is 1.99. The van der Waals surface area contributed by atoms with Crippen molar-refractivity contribution in [3.05, 3.63) is 29.6 Å². The number of nitrogens with one attached hydrogen (secondary N) is 2. The Bertz CT molecular complexity index is 359. The largest absolute Gasteiger partial charge is 0.378 e. The number of rotatable bonds is 0. The first-order chi connectivity index (χ1) is 10.4. The Kier molecular flexibility index (Phi) is 8.27. The van der Waals surface area contributed by atoms with Crippen LogP contribution in [-0.4, -0.2) is 57.7 Å². The summed E-state index contributed by atoms with van der Waals surface area (Å²) in [4.78, 5) is 4.61. The van der Waals surface area contributed by atoms with Gasteiger partial charge >= 0.3 is 0 Å². The van der Waals surface area contributed by atoms with Crippen molar-refractivity contribution in [3.63, 3.8) is 0 Å². The maximum absolute atomic E-state index is 5.48. The topological polar surface area (TPSA) is 64.6 Å². The molecule has 1 aromatic rings. The molecule has 0 fully saturated rings. The number of aromatic nitrogens is 1. The zero-order chi connectivity index (χ0) is 14.6. The van der Waals surface area contributed by atoms with Crippen LogP contribution in [0.1, 0.15) is 11.4 Å². The fourth-order valence-electron chi connectivity index (χ4n) is 1.99. The van der Waals surface area contributed by atoms with Gasteiger partial charge in [-0.2, -0.15) is 0 Å². The average molecular weight is 295 g/mol. The number of fused-ring (bicyclic) bond motifs is 2. The summed E-state index contributed by atoms with van der Waals surface area (Å²) in [6.45, 7) is 6.99. The molecule has 0 spiro atoms. The smallest absolute Gasteiger partial charge is 0.0701 e. The molecule has 0 saturated carbocycles. The number of hydrogen-bond donors (Lipinski definition) is 2. The Hall–Kier alpha value is -1.05. The van der Waals surface area contributed by atoms with Gasteiger partial charge in [0.1, 0.15) is 0 Å². The van der Waals surface area contributed by atoms with Crippen LogP contribution in [0.2, 0.25) is 0 Å². The summed E-state index contributed by atoms with van der Waals surface area (Å²) in [7, 11) is 0. The predicted octanol–water partition coefficient (Wildman–Crippen LogP) is 0.324. The monoisotopic (exact) mass is 295 g/mol. The van der Waals surface area contributed by atoms with E-state index in [9.17, 15) is 0 Å². The van der Waals surface area contributed by atoms with Crippen LogP contribution < -0.4 is 10.6 Å². The van der Waals surface area contributed by atoms with Crippen LogP contribution in [0.15, 0.2) is 18.2 Å². The molecule has 6 heteroatoms. The van der Waals surface area contributed by atoms with Gasteiger partial charge in [0.25, 0.3) is 0 Å². The quantitative estimate of drug-likeness (QED) is 0.719. The molecule has 1 aromatic heterocycles. The SMILES string of the molecule is c1cc2nc(c1)CNCCOCCOCCOCCNC2. The van der Waals surface area contributed by atoms with Crippen molar-refractivity contribution in [1.82, 2.24) is 15.6 Å². The van der Waals surface area contributed by atoms with E-state index in [1.165, 1.54) is 0 Å². The van der Waals surface area contributed by atoms with E-state index in [4.69, 9.17) is 14.2 Å². The first-order valence-electron chi connectivity index (χ1n) is 7.54. The standard InChI is InChI=1S/C15H25N3O3/c1-2-14-12-16-4-6-19-8-10-21-11-9-20-7-5-17-13-15(3-1)18-14/h1-3,16-17H,4-13H2. The molecular weight excluding hydrogens is 270 g/mol. The summed E-state index contributed by atoms with van der Waals surface area (Å²) < 4.78 is 16.4. The van der Waals surface area contributed by atoms with Gasteiger partial charge in [-0.1, -0.05) is 6.07 Å². The third-order valence-corrected chi connectivity index (χ3v) is 3.07. The molecule has 0 aliphatic carbocycles. The van der Waals surface area contributed by atoms with Crippen molar-refractivity contribution in [2.45, 2.75) is 13.1 Å². The second kappa shape index (κ2) is 10.6. The van der Waals surface area contributed by atoms with Crippen molar-refractivity contribution >= 4 is 0 Å². The molecule has 1 aliphatic heterocycles. The molecule has 2 heterocycles. The highest BCUT2D eigenvalue weighted by atomic mass is 16.5. The van der Waals surface area contributed by atoms with Gasteiger partial charge in [-0.15, -0.1) is 0 Å². The van der Waals surface area contributed by atoms with E-state index < -0.39 is 0 Å². The fraction of sp³-hybridized carbons (Fsp3) is 0.667. The molecule has 0 unspecified atom stereocenters. The van der Waals surface area contributed by atoms with Crippen LogP contribution in [-0.2, 0) is 27.3 Å². The number of pyridine rings is 1. The lowest BCUT2D eigenvalue weighted by molar-refractivity contribution is 0.0156. The van der Waals surface area contributed by atoms with E-state index in [2.05, 4.69) is 15.6 Å².